The number of aryl methyl sites for hydroxylation is 1. The highest BCUT2D eigenvalue weighted by atomic mass is 79.9. The van der Waals surface area contributed by atoms with Crippen molar-refractivity contribution in [2.45, 2.75) is 24.0 Å². The van der Waals surface area contributed by atoms with E-state index in [0.717, 1.165) is 21.5 Å². The molecule has 22 heavy (non-hydrogen) atoms. The number of hydrogen-bond acceptors (Lipinski definition) is 4. The molecular weight excluding hydrogens is 386 g/mol. The van der Waals surface area contributed by atoms with Crippen molar-refractivity contribution >= 4 is 48.7 Å². The van der Waals surface area contributed by atoms with Crippen LogP contribution in [0, 0.1) is 0 Å². The van der Waals surface area contributed by atoms with E-state index in [0.29, 0.717) is 5.69 Å². The van der Waals surface area contributed by atoms with Gasteiger partial charge in [0.15, 0.2) is 9.84 Å². The normalized spacial score (nSPS) is 11.4. The number of hydrogen-bond donors (Lipinski definition) is 1. The largest absolute Gasteiger partial charge is 0.326 e. The third-order valence-electron chi connectivity index (χ3n) is 3.10. The van der Waals surface area contributed by atoms with Gasteiger partial charge in [-0.2, -0.15) is 0 Å². The zero-order valence-electron chi connectivity index (χ0n) is 12.0. The van der Waals surface area contributed by atoms with Crippen LogP contribution in [0.15, 0.2) is 44.4 Å². The molecular formula is C15H16BrNO3S2. The van der Waals surface area contributed by atoms with Crippen LogP contribution in [0.1, 0.15) is 18.9 Å². The van der Waals surface area contributed by atoms with E-state index >= 15 is 0 Å². The zero-order chi connectivity index (χ0) is 16.2. The van der Waals surface area contributed by atoms with Gasteiger partial charge in [-0.1, -0.05) is 19.1 Å². The van der Waals surface area contributed by atoms with Crippen molar-refractivity contribution < 1.29 is 13.2 Å². The van der Waals surface area contributed by atoms with Gasteiger partial charge in [-0.3, -0.25) is 4.79 Å². The van der Waals surface area contributed by atoms with Gasteiger partial charge in [-0.25, -0.2) is 8.42 Å². The van der Waals surface area contributed by atoms with E-state index in [2.05, 4.69) is 28.2 Å². The molecule has 0 saturated heterocycles. The van der Waals surface area contributed by atoms with E-state index in [1.807, 2.05) is 24.3 Å². The third kappa shape index (κ3) is 4.66. The van der Waals surface area contributed by atoms with Gasteiger partial charge in [0.05, 0.1) is 9.54 Å². The molecule has 2 aromatic rings. The molecule has 0 fully saturated rings. The lowest BCUT2D eigenvalue weighted by Gasteiger charge is -2.06. The topological polar surface area (TPSA) is 63.2 Å². The minimum Gasteiger partial charge on any atom is -0.326 e. The van der Waals surface area contributed by atoms with Crippen LogP contribution in [0.3, 0.4) is 0 Å². The highest BCUT2D eigenvalue weighted by molar-refractivity contribution is 9.11. The number of benzene rings is 1. The van der Waals surface area contributed by atoms with Crippen LogP contribution in [0.25, 0.3) is 0 Å². The predicted octanol–water partition coefficient (Wildman–Crippen LogP) is 3.88. The molecule has 0 unspecified atom stereocenters. The van der Waals surface area contributed by atoms with Gasteiger partial charge in [0, 0.05) is 12.1 Å². The molecule has 0 aliphatic heterocycles. The van der Waals surface area contributed by atoms with E-state index in [4.69, 9.17) is 0 Å². The second-order valence-electron chi connectivity index (χ2n) is 4.73. The molecule has 0 atom stereocenters. The number of thiophene rings is 1. The van der Waals surface area contributed by atoms with Crippen molar-refractivity contribution in [3.8, 4) is 0 Å². The van der Waals surface area contributed by atoms with Crippen LogP contribution in [-0.4, -0.2) is 20.1 Å². The Morgan fingerprint density at radius 2 is 1.86 bits per heavy atom. The maximum atomic E-state index is 12.1. The summed E-state index contributed by atoms with van der Waals surface area (Å²) < 4.78 is 25.2. The van der Waals surface area contributed by atoms with E-state index in [-0.39, 0.29) is 22.3 Å². The maximum absolute atomic E-state index is 12.1. The SMILES string of the molecule is CCc1ccc(NC(=O)CCS(=O)(=O)c2ccc(Br)s2)cc1. The zero-order valence-corrected chi connectivity index (χ0v) is 15.2. The van der Waals surface area contributed by atoms with Gasteiger partial charge in [0.25, 0.3) is 0 Å². The number of rotatable bonds is 6. The van der Waals surface area contributed by atoms with Crippen LogP contribution >= 0.6 is 27.3 Å². The second-order valence-corrected chi connectivity index (χ2v) is 9.53. The summed E-state index contributed by atoms with van der Waals surface area (Å²) in [6.45, 7) is 2.06. The number of carbonyl (C=O) groups excluding carboxylic acids is 1. The lowest BCUT2D eigenvalue weighted by Crippen LogP contribution is -2.17. The quantitative estimate of drug-likeness (QED) is 0.798. The predicted molar refractivity (Wildman–Crippen MR) is 93.1 cm³/mol. The second kappa shape index (κ2) is 7.39. The summed E-state index contributed by atoms with van der Waals surface area (Å²) in [5.41, 5.74) is 1.86. The van der Waals surface area contributed by atoms with Crippen molar-refractivity contribution in [3.63, 3.8) is 0 Å². The Kier molecular flexibility index (Phi) is 5.77. The molecule has 0 saturated carbocycles. The molecule has 4 nitrogen and oxygen atoms in total. The molecule has 118 valence electrons. The summed E-state index contributed by atoms with van der Waals surface area (Å²) in [4.78, 5) is 11.9. The van der Waals surface area contributed by atoms with Gasteiger partial charge >= 0.3 is 0 Å². The standard InChI is InChI=1S/C15H16BrNO3S2/c1-2-11-3-5-12(6-4-11)17-14(18)9-10-22(19,20)15-8-7-13(16)21-15/h3-8H,2,9-10H2,1H3,(H,17,18). The van der Waals surface area contributed by atoms with Crippen LogP contribution in [-0.2, 0) is 21.1 Å². The fraction of sp³-hybridized carbons (Fsp3) is 0.267. The first-order valence-electron chi connectivity index (χ1n) is 6.77. The number of carbonyl (C=O) groups is 1. The van der Waals surface area contributed by atoms with Crippen molar-refractivity contribution in [1.82, 2.24) is 0 Å². The Morgan fingerprint density at radius 1 is 1.18 bits per heavy atom. The van der Waals surface area contributed by atoms with E-state index in [9.17, 15) is 13.2 Å². The molecule has 1 aromatic carbocycles. The Morgan fingerprint density at radius 3 is 2.41 bits per heavy atom. The summed E-state index contributed by atoms with van der Waals surface area (Å²) in [5.74, 6) is -0.498. The van der Waals surface area contributed by atoms with Crippen LogP contribution in [0.2, 0.25) is 0 Å². The number of nitrogens with one attached hydrogen (secondary N) is 1. The average molecular weight is 402 g/mol. The van der Waals surface area contributed by atoms with Crippen LogP contribution < -0.4 is 5.32 Å². The van der Waals surface area contributed by atoms with Gasteiger partial charge in [-0.05, 0) is 52.2 Å². The molecule has 0 bridgehead atoms. The Hall–Kier alpha value is -1.18. The van der Waals surface area contributed by atoms with E-state index in [1.54, 1.807) is 12.1 Å². The van der Waals surface area contributed by atoms with Crippen LogP contribution in [0.4, 0.5) is 5.69 Å². The molecule has 1 heterocycles. The molecule has 7 heteroatoms. The van der Waals surface area contributed by atoms with Gasteiger partial charge in [0.2, 0.25) is 5.91 Å². The number of amides is 1. The summed E-state index contributed by atoms with van der Waals surface area (Å²) in [6.07, 6.45) is 0.871. The molecule has 0 aliphatic rings. The summed E-state index contributed by atoms with van der Waals surface area (Å²) in [6, 6.07) is 10.8. The molecule has 0 radical (unpaired) electrons. The highest BCUT2D eigenvalue weighted by Gasteiger charge is 2.18. The Labute approximate surface area is 142 Å². The average Bonchev–Trinajstić information content (AvgIpc) is 2.94. The minimum atomic E-state index is -3.41. The molecule has 1 amide bonds. The first kappa shape index (κ1) is 17.2. The van der Waals surface area contributed by atoms with Crippen molar-refractivity contribution in [2.24, 2.45) is 0 Å². The van der Waals surface area contributed by atoms with E-state index < -0.39 is 9.84 Å². The maximum Gasteiger partial charge on any atom is 0.225 e. The summed E-state index contributed by atoms with van der Waals surface area (Å²) >= 11 is 4.39. The number of halogens is 1. The molecule has 0 aliphatic carbocycles. The summed E-state index contributed by atoms with van der Waals surface area (Å²) in [7, 11) is -3.41. The first-order valence-corrected chi connectivity index (χ1v) is 10.0. The molecule has 0 spiro atoms. The summed E-state index contributed by atoms with van der Waals surface area (Å²) in [5, 5.41) is 2.71. The van der Waals surface area contributed by atoms with E-state index in [1.165, 1.54) is 5.56 Å². The number of sulfone groups is 1. The van der Waals surface area contributed by atoms with Crippen molar-refractivity contribution in [3.05, 3.63) is 45.7 Å². The monoisotopic (exact) mass is 401 g/mol. The van der Waals surface area contributed by atoms with Gasteiger partial charge < -0.3 is 5.32 Å². The lowest BCUT2D eigenvalue weighted by atomic mass is 10.1. The van der Waals surface area contributed by atoms with Crippen molar-refractivity contribution in [1.29, 1.82) is 0 Å². The minimum absolute atomic E-state index is 0.0621. The fourth-order valence-electron chi connectivity index (χ4n) is 1.84. The lowest BCUT2D eigenvalue weighted by molar-refractivity contribution is -0.115. The Bertz CT molecular complexity index is 751. The molecule has 1 aromatic heterocycles. The first-order chi connectivity index (χ1) is 10.4. The van der Waals surface area contributed by atoms with Gasteiger partial charge in [0.1, 0.15) is 4.21 Å². The van der Waals surface area contributed by atoms with Gasteiger partial charge in [-0.15, -0.1) is 11.3 Å². The number of anilines is 1. The van der Waals surface area contributed by atoms with Crippen molar-refractivity contribution in [2.75, 3.05) is 11.1 Å². The Balaban J connectivity index is 1.92. The highest BCUT2D eigenvalue weighted by Crippen LogP contribution is 2.27. The smallest absolute Gasteiger partial charge is 0.225 e. The third-order valence-corrected chi connectivity index (χ3v) is 7.02. The molecule has 1 N–H and O–H groups in total. The van der Waals surface area contributed by atoms with Crippen LogP contribution in [0.5, 0.6) is 0 Å². The fourth-order valence-corrected chi connectivity index (χ4v) is 5.24. The molecule has 2 rings (SSSR count).